The van der Waals surface area contributed by atoms with Crippen LogP contribution in [0.2, 0.25) is 0 Å². The largest absolute Gasteiger partial charge is 0.352 e. The highest BCUT2D eigenvalue weighted by atomic mass is 35.5. The molecule has 0 aromatic heterocycles. The number of carbonyl (C=O) groups excluding carboxylic acids is 1. The summed E-state index contributed by atoms with van der Waals surface area (Å²) in [7, 11) is 1.86. The summed E-state index contributed by atoms with van der Waals surface area (Å²) in [5, 5.41) is 5.96. The van der Waals surface area contributed by atoms with E-state index in [4.69, 9.17) is 0 Å². The fourth-order valence-electron chi connectivity index (χ4n) is 1.78. The average Bonchev–Trinajstić information content (AvgIpc) is 2.36. The van der Waals surface area contributed by atoms with Crippen LogP contribution in [0.1, 0.15) is 37.8 Å². The normalized spacial score (nSPS) is 11.8. The van der Waals surface area contributed by atoms with E-state index in [-0.39, 0.29) is 24.2 Å². The van der Waals surface area contributed by atoms with Crippen LogP contribution in [0.15, 0.2) is 24.3 Å². The number of benzene rings is 1. The summed E-state index contributed by atoms with van der Waals surface area (Å²) in [6.07, 6.45) is 0. The van der Waals surface area contributed by atoms with Crippen molar-refractivity contribution in [1.29, 1.82) is 0 Å². The van der Waals surface area contributed by atoms with E-state index in [0.29, 0.717) is 19.0 Å². The summed E-state index contributed by atoms with van der Waals surface area (Å²) in [5.74, 6) is 0.645. The van der Waals surface area contributed by atoms with Gasteiger partial charge in [0.1, 0.15) is 0 Å². The standard InChI is InChI=1S/C15H24N2O.ClH/c1-11(2)14-7-5-13(6-8-14)10-17-15(18)12(3)9-16-4;/h5-8,11-12,16H,9-10H2,1-4H3,(H,17,18);1H. The van der Waals surface area contributed by atoms with Gasteiger partial charge in [-0.25, -0.2) is 0 Å². The fraction of sp³-hybridized carbons (Fsp3) is 0.533. The van der Waals surface area contributed by atoms with Gasteiger partial charge in [0, 0.05) is 19.0 Å². The third-order valence-corrected chi connectivity index (χ3v) is 3.07. The van der Waals surface area contributed by atoms with Gasteiger partial charge in [-0.1, -0.05) is 45.0 Å². The highest BCUT2D eigenvalue weighted by Gasteiger charge is 2.10. The molecule has 0 saturated heterocycles. The van der Waals surface area contributed by atoms with Crippen molar-refractivity contribution in [2.45, 2.75) is 33.2 Å². The Kier molecular flexibility index (Phi) is 8.44. The Morgan fingerprint density at radius 2 is 1.74 bits per heavy atom. The minimum Gasteiger partial charge on any atom is -0.352 e. The molecule has 1 atom stereocenters. The highest BCUT2D eigenvalue weighted by molar-refractivity contribution is 5.85. The molecule has 0 radical (unpaired) electrons. The lowest BCUT2D eigenvalue weighted by atomic mass is 10.0. The number of amides is 1. The van der Waals surface area contributed by atoms with E-state index in [1.165, 1.54) is 5.56 Å². The summed E-state index contributed by atoms with van der Waals surface area (Å²) in [6.45, 7) is 7.59. The van der Waals surface area contributed by atoms with Gasteiger partial charge in [-0.3, -0.25) is 4.79 Å². The lowest BCUT2D eigenvalue weighted by Crippen LogP contribution is -2.33. The molecule has 1 unspecified atom stereocenters. The van der Waals surface area contributed by atoms with Gasteiger partial charge >= 0.3 is 0 Å². The van der Waals surface area contributed by atoms with Crippen molar-refractivity contribution < 1.29 is 4.79 Å². The molecule has 0 saturated carbocycles. The maximum Gasteiger partial charge on any atom is 0.224 e. The molecule has 1 rings (SSSR count). The van der Waals surface area contributed by atoms with Gasteiger partial charge < -0.3 is 10.6 Å². The number of hydrogen-bond acceptors (Lipinski definition) is 2. The van der Waals surface area contributed by atoms with Crippen molar-refractivity contribution in [3.05, 3.63) is 35.4 Å². The first-order valence-electron chi connectivity index (χ1n) is 6.55. The molecule has 0 spiro atoms. The lowest BCUT2D eigenvalue weighted by molar-refractivity contribution is -0.124. The Morgan fingerprint density at radius 3 is 2.21 bits per heavy atom. The van der Waals surface area contributed by atoms with Crippen molar-refractivity contribution in [1.82, 2.24) is 10.6 Å². The van der Waals surface area contributed by atoms with Crippen molar-refractivity contribution >= 4 is 18.3 Å². The van der Waals surface area contributed by atoms with E-state index in [1.807, 2.05) is 14.0 Å². The lowest BCUT2D eigenvalue weighted by Gasteiger charge is -2.12. The zero-order valence-corrected chi connectivity index (χ0v) is 13.0. The first-order chi connectivity index (χ1) is 8.54. The number of nitrogens with one attached hydrogen (secondary N) is 2. The monoisotopic (exact) mass is 284 g/mol. The second-order valence-corrected chi connectivity index (χ2v) is 5.07. The summed E-state index contributed by atoms with van der Waals surface area (Å²) >= 11 is 0. The number of hydrogen-bond donors (Lipinski definition) is 2. The van der Waals surface area contributed by atoms with Crippen molar-refractivity contribution in [2.24, 2.45) is 5.92 Å². The van der Waals surface area contributed by atoms with Crippen LogP contribution in [-0.4, -0.2) is 19.5 Å². The molecule has 0 heterocycles. The zero-order valence-electron chi connectivity index (χ0n) is 12.2. The third kappa shape index (κ3) is 6.08. The SMILES string of the molecule is CNCC(C)C(=O)NCc1ccc(C(C)C)cc1.Cl. The van der Waals surface area contributed by atoms with E-state index >= 15 is 0 Å². The maximum atomic E-state index is 11.7. The van der Waals surface area contributed by atoms with Crippen LogP contribution in [0.5, 0.6) is 0 Å². The second-order valence-electron chi connectivity index (χ2n) is 5.07. The highest BCUT2D eigenvalue weighted by Crippen LogP contribution is 2.14. The third-order valence-electron chi connectivity index (χ3n) is 3.07. The fourth-order valence-corrected chi connectivity index (χ4v) is 1.78. The molecular weight excluding hydrogens is 260 g/mol. The van der Waals surface area contributed by atoms with Gasteiger partial charge in [-0.05, 0) is 24.1 Å². The van der Waals surface area contributed by atoms with Crippen molar-refractivity contribution in [3.63, 3.8) is 0 Å². The molecule has 19 heavy (non-hydrogen) atoms. The molecule has 1 aromatic rings. The van der Waals surface area contributed by atoms with Gasteiger partial charge in [0.05, 0.1) is 0 Å². The Balaban J connectivity index is 0.00000324. The Morgan fingerprint density at radius 1 is 1.16 bits per heavy atom. The Labute approximate surface area is 122 Å². The molecule has 108 valence electrons. The summed E-state index contributed by atoms with van der Waals surface area (Å²) in [5.41, 5.74) is 2.47. The van der Waals surface area contributed by atoms with Crippen LogP contribution in [0.3, 0.4) is 0 Å². The molecule has 1 amide bonds. The maximum absolute atomic E-state index is 11.7. The van der Waals surface area contributed by atoms with Crippen LogP contribution in [0.4, 0.5) is 0 Å². The molecule has 3 nitrogen and oxygen atoms in total. The Hall–Kier alpha value is -1.06. The van der Waals surface area contributed by atoms with Crippen molar-refractivity contribution in [2.75, 3.05) is 13.6 Å². The zero-order chi connectivity index (χ0) is 13.5. The number of carbonyl (C=O) groups is 1. The van der Waals surface area contributed by atoms with Gasteiger partial charge in [0.25, 0.3) is 0 Å². The van der Waals surface area contributed by atoms with Gasteiger partial charge in [0.15, 0.2) is 0 Å². The second kappa shape index (κ2) is 8.94. The van der Waals surface area contributed by atoms with Gasteiger partial charge in [0.2, 0.25) is 5.91 Å². The predicted octanol–water partition coefficient (Wildman–Crippen LogP) is 2.70. The van der Waals surface area contributed by atoms with Crippen LogP contribution in [0, 0.1) is 5.92 Å². The quantitative estimate of drug-likeness (QED) is 0.843. The molecule has 0 aliphatic rings. The van der Waals surface area contributed by atoms with Crippen LogP contribution in [-0.2, 0) is 11.3 Å². The van der Waals surface area contributed by atoms with E-state index < -0.39 is 0 Å². The molecular formula is C15H25ClN2O. The van der Waals surface area contributed by atoms with Crippen LogP contribution < -0.4 is 10.6 Å². The average molecular weight is 285 g/mol. The summed E-state index contributed by atoms with van der Waals surface area (Å²) in [6, 6.07) is 8.42. The molecule has 0 aliphatic heterocycles. The Bertz CT molecular complexity index is 376. The van der Waals surface area contributed by atoms with Gasteiger partial charge in [-0.2, -0.15) is 0 Å². The van der Waals surface area contributed by atoms with E-state index in [0.717, 1.165) is 5.56 Å². The molecule has 0 fully saturated rings. The molecule has 4 heteroatoms. The topological polar surface area (TPSA) is 41.1 Å². The van der Waals surface area contributed by atoms with Crippen LogP contribution >= 0.6 is 12.4 Å². The molecule has 1 aromatic carbocycles. The predicted molar refractivity (Wildman–Crippen MR) is 82.7 cm³/mol. The molecule has 2 N–H and O–H groups in total. The van der Waals surface area contributed by atoms with Crippen LogP contribution in [0.25, 0.3) is 0 Å². The number of halogens is 1. The van der Waals surface area contributed by atoms with Gasteiger partial charge in [-0.15, -0.1) is 12.4 Å². The first-order valence-corrected chi connectivity index (χ1v) is 6.55. The number of rotatable bonds is 6. The van der Waals surface area contributed by atoms with E-state index in [2.05, 4.69) is 48.7 Å². The minimum absolute atomic E-state index is 0. The molecule has 0 bridgehead atoms. The summed E-state index contributed by atoms with van der Waals surface area (Å²) in [4.78, 5) is 11.7. The summed E-state index contributed by atoms with van der Waals surface area (Å²) < 4.78 is 0. The smallest absolute Gasteiger partial charge is 0.224 e. The molecule has 0 aliphatic carbocycles. The minimum atomic E-state index is 0. The first kappa shape index (κ1) is 17.9. The van der Waals surface area contributed by atoms with E-state index in [9.17, 15) is 4.79 Å². The van der Waals surface area contributed by atoms with Crippen molar-refractivity contribution in [3.8, 4) is 0 Å². The van der Waals surface area contributed by atoms with E-state index in [1.54, 1.807) is 0 Å².